The summed E-state index contributed by atoms with van der Waals surface area (Å²) < 4.78 is 7.12. The zero-order valence-electron chi connectivity index (χ0n) is 17.8. The lowest BCUT2D eigenvalue weighted by Crippen LogP contribution is -2.39. The number of carbonyl (C=O) groups is 1. The highest BCUT2D eigenvalue weighted by molar-refractivity contribution is 6.03. The number of amides is 1. The van der Waals surface area contributed by atoms with Crippen molar-refractivity contribution in [2.75, 3.05) is 5.32 Å². The summed E-state index contributed by atoms with van der Waals surface area (Å²) in [6, 6.07) is 14.8. The number of aromatic nitrogens is 1. The van der Waals surface area contributed by atoms with Crippen LogP contribution in [0.2, 0.25) is 0 Å². The van der Waals surface area contributed by atoms with Crippen LogP contribution in [0.4, 0.5) is 5.69 Å². The van der Waals surface area contributed by atoms with Crippen molar-refractivity contribution in [2.45, 2.75) is 50.7 Å². The fraction of sp³-hybridized carbons (Fsp3) is 0.308. The molecule has 1 aliphatic carbocycles. The Morgan fingerprint density at radius 1 is 1.00 bits per heavy atom. The van der Waals surface area contributed by atoms with Crippen molar-refractivity contribution in [1.29, 1.82) is 0 Å². The zero-order valence-corrected chi connectivity index (χ0v) is 17.8. The number of benzene rings is 2. The molecule has 2 aromatic heterocycles. The second kappa shape index (κ2) is 8.28. The lowest BCUT2D eigenvalue weighted by molar-refractivity contribution is -0.115. The first-order valence-electron chi connectivity index (χ1n) is 11.1. The van der Waals surface area contributed by atoms with Gasteiger partial charge in [0.1, 0.15) is 5.58 Å². The summed E-state index contributed by atoms with van der Waals surface area (Å²) in [5.74, 6) is -0.176. The number of hydrogen-bond donors (Lipinski definition) is 2. The highest BCUT2D eigenvalue weighted by atomic mass is 16.3. The number of pyridine rings is 1. The minimum absolute atomic E-state index is 0.154. The van der Waals surface area contributed by atoms with Gasteiger partial charge in [-0.15, -0.1) is 0 Å². The molecular weight excluding hydrogens is 404 g/mol. The average molecular weight is 431 g/mol. The van der Waals surface area contributed by atoms with Crippen LogP contribution in [0.25, 0.3) is 21.7 Å². The van der Waals surface area contributed by atoms with Crippen LogP contribution in [0.15, 0.2) is 70.2 Å². The second-order valence-corrected chi connectivity index (χ2v) is 8.78. The molecule has 4 aromatic rings. The van der Waals surface area contributed by atoms with Crippen LogP contribution in [0.3, 0.4) is 0 Å². The molecule has 0 saturated heterocycles. The summed E-state index contributed by atoms with van der Waals surface area (Å²) in [6.07, 6.45) is 8.05. The van der Waals surface area contributed by atoms with Crippen molar-refractivity contribution in [1.82, 2.24) is 4.57 Å². The molecule has 164 valence electrons. The molecule has 0 bridgehead atoms. The summed E-state index contributed by atoms with van der Waals surface area (Å²) in [4.78, 5) is 25.9. The molecule has 1 saturated carbocycles. The van der Waals surface area contributed by atoms with Gasteiger partial charge < -0.3 is 19.4 Å². The number of aliphatic hydroxyl groups is 1. The number of para-hydroxylation sites is 1. The number of hydrogen-bond acceptors (Lipinski definition) is 4. The molecule has 1 aliphatic rings. The molecule has 2 aromatic carbocycles. The Morgan fingerprint density at radius 2 is 1.78 bits per heavy atom. The maximum atomic E-state index is 13.1. The van der Waals surface area contributed by atoms with Gasteiger partial charge in [-0.2, -0.15) is 0 Å². The van der Waals surface area contributed by atoms with Gasteiger partial charge in [0.25, 0.3) is 5.56 Å². The normalized spacial score (nSPS) is 15.8. The van der Waals surface area contributed by atoms with Crippen LogP contribution < -0.4 is 10.9 Å². The number of nitrogens with zero attached hydrogens (tertiary/aromatic N) is 1. The summed E-state index contributed by atoms with van der Waals surface area (Å²) in [5, 5.41) is 15.9. The Labute approximate surface area is 185 Å². The highest BCUT2D eigenvalue weighted by Gasteiger charge is 2.30. The fourth-order valence-corrected chi connectivity index (χ4v) is 4.77. The van der Waals surface area contributed by atoms with Crippen LogP contribution in [-0.2, 0) is 17.8 Å². The SMILES string of the molecule is O=C(Cc1coc2ccccc12)Nc1cccc2c(=O)n(CC3(O)CCCCC3)ccc12. The van der Waals surface area contributed by atoms with Gasteiger partial charge in [0, 0.05) is 33.6 Å². The first-order chi connectivity index (χ1) is 15.5. The number of furan rings is 1. The molecule has 6 heteroatoms. The van der Waals surface area contributed by atoms with Gasteiger partial charge >= 0.3 is 0 Å². The molecule has 5 rings (SSSR count). The van der Waals surface area contributed by atoms with Crippen molar-refractivity contribution in [2.24, 2.45) is 0 Å². The number of rotatable bonds is 5. The van der Waals surface area contributed by atoms with Crippen molar-refractivity contribution < 1.29 is 14.3 Å². The molecule has 2 heterocycles. The third kappa shape index (κ3) is 3.94. The minimum atomic E-state index is -0.824. The molecule has 1 amide bonds. The lowest BCUT2D eigenvalue weighted by atomic mass is 9.85. The number of carbonyl (C=O) groups excluding carboxylic acids is 1. The summed E-state index contributed by atoms with van der Waals surface area (Å²) in [7, 11) is 0. The van der Waals surface area contributed by atoms with Crippen molar-refractivity contribution >= 4 is 33.3 Å². The van der Waals surface area contributed by atoms with Gasteiger partial charge in [-0.25, -0.2) is 0 Å². The quantitative estimate of drug-likeness (QED) is 0.484. The van der Waals surface area contributed by atoms with Crippen LogP contribution in [0, 0.1) is 0 Å². The van der Waals surface area contributed by atoms with Crippen LogP contribution in [-0.4, -0.2) is 21.2 Å². The Hall–Kier alpha value is -3.38. The molecule has 6 nitrogen and oxygen atoms in total. The van der Waals surface area contributed by atoms with Gasteiger partial charge in [-0.3, -0.25) is 9.59 Å². The van der Waals surface area contributed by atoms with Gasteiger partial charge in [0.15, 0.2) is 0 Å². The number of anilines is 1. The van der Waals surface area contributed by atoms with Gasteiger partial charge in [-0.05, 0) is 37.1 Å². The molecule has 2 N–H and O–H groups in total. The van der Waals surface area contributed by atoms with E-state index in [-0.39, 0.29) is 17.9 Å². The predicted octanol–water partition coefficient (Wildman–Crippen LogP) is 4.62. The third-order valence-corrected chi connectivity index (χ3v) is 6.45. The number of nitrogens with one attached hydrogen (secondary N) is 1. The van der Waals surface area contributed by atoms with Crippen molar-refractivity contribution in [3.05, 3.63) is 76.9 Å². The van der Waals surface area contributed by atoms with Gasteiger partial charge in [0.2, 0.25) is 5.91 Å². The Kier molecular flexibility index (Phi) is 5.31. The van der Waals surface area contributed by atoms with Crippen molar-refractivity contribution in [3.63, 3.8) is 0 Å². The largest absolute Gasteiger partial charge is 0.464 e. The Bertz CT molecular complexity index is 1340. The second-order valence-electron chi connectivity index (χ2n) is 8.78. The Morgan fingerprint density at radius 3 is 2.62 bits per heavy atom. The molecule has 32 heavy (non-hydrogen) atoms. The zero-order chi connectivity index (χ0) is 22.1. The van der Waals surface area contributed by atoms with E-state index in [9.17, 15) is 14.7 Å². The highest BCUT2D eigenvalue weighted by Crippen LogP contribution is 2.30. The molecule has 0 unspecified atom stereocenters. The standard InChI is InChI=1S/C26H26N2O4/c29-24(15-18-16-32-23-10-3-2-7-19(18)23)27-22-9-6-8-21-20(22)11-14-28(25(21)30)17-26(31)12-4-1-5-13-26/h2-3,6-11,14,16,31H,1,4-5,12-13,15,17H2,(H,27,29). The maximum absolute atomic E-state index is 13.1. The van der Waals surface area contributed by atoms with Crippen LogP contribution >= 0.6 is 0 Å². The van der Waals surface area contributed by atoms with Crippen LogP contribution in [0.1, 0.15) is 37.7 Å². The first-order valence-corrected chi connectivity index (χ1v) is 11.1. The molecule has 0 atom stereocenters. The lowest BCUT2D eigenvalue weighted by Gasteiger charge is -2.32. The van der Waals surface area contributed by atoms with Crippen molar-refractivity contribution in [3.8, 4) is 0 Å². The Balaban J connectivity index is 1.39. The van der Waals surface area contributed by atoms with E-state index >= 15 is 0 Å². The van der Waals surface area contributed by atoms with Crippen LogP contribution in [0.5, 0.6) is 0 Å². The number of fused-ring (bicyclic) bond motifs is 2. The van der Waals surface area contributed by atoms with Gasteiger partial charge in [0.05, 0.1) is 24.8 Å². The molecule has 0 aliphatic heterocycles. The van der Waals surface area contributed by atoms with E-state index in [0.717, 1.165) is 48.6 Å². The van der Waals surface area contributed by atoms with E-state index in [4.69, 9.17) is 4.42 Å². The van der Waals surface area contributed by atoms with E-state index in [0.29, 0.717) is 23.0 Å². The van der Waals surface area contributed by atoms with E-state index in [1.807, 2.05) is 30.3 Å². The minimum Gasteiger partial charge on any atom is -0.464 e. The molecular formula is C26H26N2O4. The molecule has 0 radical (unpaired) electrons. The van der Waals surface area contributed by atoms with E-state index in [1.54, 1.807) is 35.2 Å². The smallest absolute Gasteiger partial charge is 0.258 e. The summed E-state index contributed by atoms with van der Waals surface area (Å²) >= 11 is 0. The molecule has 1 fully saturated rings. The molecule has 0 spiro atoms. The maximum Gasteiger partial charge on any atom is 0.258 e. The van der Waals surface area contributed by atoms with E-state index < -0.39 is 5.60 Å². The predicted molar refractivity (Wildman–Crippen MR) is 125 cm³/mol. The average Bonchev–Trinajstić information content (AvgIpc) is 3.19. The first kappa shape index (κ1) is 20.5. The fourth-order valence-electron chi connectivity index (χ4n) is 4.77. The monoisotopic (exact) mass is 430 g/mol. The van der Waals surface area contributed by atoms with E-state index in [2.05, 4.69) is 5.32 Å². The van der Waals surface area contributed by atoms with E-state index in [1.165, 1.54) is 0 Å². The van der Waals surface area contributed by atoms with Gasteiger partial charge in [-0.1, -0.05) is 43.5 Å². The third-order valence-electron chi connectivity index (χ3n) is 6.45. The summed E-state index contributed by atoms with van der Waals surface area (Å²) in [6.45, 7) is 0.298. The topological polar surface area (TPSA) is 84.5 Å². The summed E-state index contributed by atoms with van der Waals surface area (Å²) in [5.41, 5.74) is 1.19.